The van der Waals surface area contributed by atoms with E-state index in [0.29, 0.717) is 41.3 Å². The number of halogens is 1. The first-order valence-corrected chi connectivity index (χ1v) is 12.7. The van der Waals surface area contributed by atoms with Gasteiger partial charge in [0.2, 0.25) is 0 Å². The van der Waals surface area contributed by atoms with E-state index in [-0.39, 0.29) is 30.3 Å². The molecule has 2 heterocycles. The molecule has 2 aromatic carbocycles. The van der Waals surface area contributed by atoms with Crippen LogP contribution >= 0.6 is 11.3 Å². The van der Waals surface area contributed by atoms with Gasteiger partial charge in [0.1, 0.15) is 18.5 Å². The number of likely N-dealkylation sites (tertiary alicyclic amines) is 1. The van der Waals surface area contributed by atoms with Crippen molar-refractivity contribution in [3.05, 3.63) is 77.1 Å². The van der Waals surface area contributed by atoms with Gasteiger partial charge in [0.25, 0.3) is 11.8 Å². The summed E-state index contributed by atoms with van der Waals surface area (Å²) in [5.41, 5.74) is 1.73. The minimum Gasteiger partial charge on any atom is -0.445 e. The fourth-order valence-electron chi connectivity index (χ4n) is 4.12. The van der Waals surface area contributed by atoms with Gasteiger partial charge in [-0.25, -0.2) is 14.2 Å². The molecular weight excluding hydrogens is 483 g/mol. The minimum atomic E-state index is -0.715. The number of carbonyl (C=O) groups excluding carboxylic acids is 3. The number of thiazole rings is 1. The van der Waals surface area contributed by atoms with Gasteiger partial charge in [-0.3, -0.25) is 19.4 Å². The Hall–Kier alpha value is -3.79. The molecule has 1 aliphatic heterocycles. The van der Waals surface area contributed by atoms with Gasteiger partial charge in [-0.15, -0.1) is 11.3 Å². The molecule has 8 nitrogen and oxygen atoms in total. The van der Waals surface area contributed by atoms with Crippen molar-refractivity contribution in [2.45, 2.75) is 44.4 Å². The van der Waals surface area contributed by atoms with Crippen LogP contribution < -0.4 is 10.2 Å². The number of amides is 3. The molecule has 0 spiro atoms. The van der Waals surface area contributed by atoms with Gasteiger partial charge in [-0.2, -0.15) is 0 Å². The van der Waals surface area contributed by atoms with Crippen LogP contribution in [0.15, 0.2) is 60.1 Å². The number of aromatic nitrogens is 1. The fourth-order valence-corrected chi connectivity index (χ4v) is 4.78. The number of hydrogen-bond donors (Lipinski definition) is 1. The molecule has 2 aliphatic rings. The third-order valence-corrected chi connectivity index (χ3v) is 6.94. The molecular formula is C26H25FN4O4S. The predicted molar refractivity (Wildman–Crippen MR) is 133 cm³/mol. The summed E-state index contributed by atoms with van der Waals surface area (Å²) in [6.45, 7) is 0.377. The average Bonchev–Trinajstić information content (AvgIpc) is 3.33. The Bertz CT molecular complexity index is 1230. The van der Waals surface area contributed by atoms with Crippen molar-refractivity contribution < 1.29 is 23.5 Å². The number of benzene rings is 2. The smallest absolute Gasteiger partial charge is 0.410 e. The largest absolute Gasteiger partial charge is 0.445 e. The lowest BCUT2D eigenvalue weighted by Crippen LogP contribution is -2.46. The highest BCUT2D eigenvalue weighted by molar-refractivity contribution is 7.13. The Kier molecular flexibility index (Phi) is 6.95. The summed E-state index contributed by atoms with van der Waals surface area (Å²) in [6.07, 6.45) is 4.17. The summed E-state index contributed by atoms with van der Waals surface area (Å²) < 4.78 is 18.6. The van der Waals surface area contributed by atoms with Crippen molar-refractivity contribution in [1.29, 1.82) is 0 Å². The number of nitrogens with zero attached hydrogens (tertiary/aromatic N) is 3. The monoisotopic (exact) mass is 508 g/mol. The zero-order chi connectivity index (χ0) is 25.1. The van der Waals surface area contributed by atoms with Gasteiger partial charge >= 0.3 is 6.09 Å². The molecule has 3 amide bonds. The van der Waals surface area contributed by atoms with E-state index in [1.807, 2.05) is 0 Å². The summed E-state index contributed by atoms with van der Waals surface area (Å²) in [5.74, 6) is -0.799. The molecule has 1 aromatic heterocycles. The van der Waals surface area contributed by atoms with Crippen molar-refractivity contribution in [1.82, 2.24) is 15.2 Å². The van der Waals surface area contributed by atoms with Crippen LogP contribution in [0, 0.1) is 5.82 Å². The van der Waals surface area contributed by atoms with Crippen LogP contribution in [-0.2, 0) is 16.1 Å². The van der Waals surface area contributed by atoms with Crippen LogP contribution in [0.1, 0.15) is 41.6 Å². The molecule has 1 N–H and O–H groups in total. The molecule has 2 fully saturated rings. The Morgan fingerprint density at radius 3 is 2.50 bits per heavy atom. The first-order chi connectivity index (χ1) is 17.5. The number of carbonyl (C=O) groups is 3. The maximum Gasteiger partial charge on any atom is 0.410 e. The standard InChI is InChI=1S/C26H25FN4O4S/c27-19-7-3-17(4-8-19)16-35-26(34)30-14-1-2-22(30)24(33)31(25-28-13-15-36-25)21-11-5-18(6-12-21)23(32)29-20-9-10-20/h3-8,11-13,15,20,22H,1-2,9-10,14,16H2,(H,29,32). The molecule has 36 heavy (non-hydrogen) atoms. The maximum atomic E-state index is 13.8. The van der Waals surface area contributed by atoms with Crippen molar-refractivity contribution in [3.8, 4) is 0 Å². The van der Waals surface area contributed by atoms with Gasteiger partial charge in [-0.05, 0) is 67.6 Å². The van der Waals surface area contributed by atoms with Crippen molar-refractivity contribution in [2.75, 3.05) is 11.4 Å². The molecule has 1 saturated carbocycles. The van der Waals surface area contributed by atoms with Gasteiger partial charge < -0.3 is 10.1 Å². The molecule has 1 aliphatic carbocycles. The number of anilines is 2. The normalized spacial score (nSPS) is 17.0. The quantitative estimate of drug-likeness (QED) is 0.502. The zero-order valence-corrected chi connectivity index (χ0v) is 20.2. The van der Waals surface area contributed by atoms with E-state index in [9.17, 15) is 18.8 Å². The van der Waals surface area contributed by atoms with Gasteiger partial charge in [0.05, 0.1) is 5.69 Å². The molecule has 186 valence electrons. The fraction of sp³-hybridized carbons (Fsp3) is 0.308. The lowest BCUT2D eigenvalue weighted by molar-refractivity contribution is -0.121. The van der Waals surface area contributed by atoms with E-state index in [1.54, 1.807) is 48.0 Å². The highest BCUT2D eigenvalue weighted by atomic mass is 32.1. The summed E-state index contributed by atoms with van der Waals surface area (Å²) in [4.78, 5) is 46.2. The second-order valence-corrected chi connectivity index (χ2v) is 9.69. The highest BCUT2D eigenvalue weighted by Crippen LogP contribution is 2.32. The first kappa shape index (κ1) is 23.9. The SMILES string of the molecule is O=C(NC1CC1)c1ccc(N(C(=O)C2CCCN2C(=O)OCc2ccc(F)cc2)c2nccs2)cc1. The molecule has 5 rings (SSSR count). The van der Waals surface area contributed by atoms with Crippen molar-refractivity contribution >= 4 is 40.1 Å². The van der Waals surface area contributed by atoms with Crippen molar-refractivity contribution in [3.63, 3.8) is 0 Å². The summed E-state index contributed by atoms with van der Waals surface area (Å²) in [6, 6.07) is 12.0. The van der Waals surface area contributed by atoms with E-state index < -0.39 is 12.1 Å². The van der Waals surface area contributed by atoms with E-state index in [4.69, 9.17) is 4.74 Å². The molecule has 0 radical (unpaired) electrons. The third kappa shape index (κ3) is 5.38. The zero-order valence-electron chi connectivity index (χ0n) is 19.4. The van der Waals surface area contributed by atoms with Crippen LogP contribution in [0.4, 0.5) is 20.0 Å². The minimum absolute atomic E-state index is 0.0168. The summed E-state index contributed by atoms with van der Waals surface area (Å²) in [7, 11) is 0. The van der Waals surface area contributed by atoms with E-state index >= 15 is 0 Å². The van der Waals surface area contributed by atoms with Crippen LogP contribution in [0.3, 0.4) is 0 Å². The predicted octanol–water partition coefficient (Wildman–Crippen LogP) is 4.64. The molecule has 1 saturated heterocycles. The van der Waals surface area contributed by atoms with Gasteiger partial charge in [0.15, 0.2) is 5.13 Å². The molecule has 1 atom stereocenters. The van der Waals surface area contributed by atoms with Crippen molar-refractivity contribution in [2.24, 2.45) is 0 Å². The van der Waals surface area contributed by atoms with E-state index in [0.717, 1.165) is 12.8 Å². The molecule has 1 unspecified atom stereocenters. The number of hydrogen-bond acceptors (Lipinski definition) is 6. The average molecular weight is 509 g/mol. The highest BCUT2D eigenvalue weighted by Gasteiger charge is 2.39. The van der Waals surface area contributed by atoms with Crippen LogP contribution in [0.5, 0.6) is 0 Å². The maximum absolute atomic E-state index is 13.8. The second kappa shape index (κ2) is 10.4. The van der Waals surface area contributed by atoms with Gasteiger partial charge in [-0.1, -0.05) is 12.1 Å². The van der Waals surface area contributed by atoms with Crippen LogP contribution in [0.2, 0.25) is 0 Å². The topological polar surface area (TPSA) is 91.8 Å². The van der Waals surface area contributed by atoms with Gasteiger partial charge in [0, 0.05) is 29.7 Å². The lowest BCUT2D eigenvalue weighted by Gasteiger charge is -2.28. The Morgan fingerprint density at radius 2 is 1.83 bits per heavy atom. The Labute approximate surface area is 211 Å². The molecule has 10 heteroatoms. The molecule has 0 bridgehead atoms. The van der Waals surface area contributed by atoms with Crippen LogP contribution in [-0.4, -0.2) is 46.4 Å². The first-order valence-electron chi connectivity index (χ1n) is 11.8. The van der Waals surface area contributed by atoms with Crippen LogP contribution in [0.25, 0.3) is 0 Å². The number of rotatable bonds is 7. The Balaban J connectivity index is 1.31. The second-order valence-electron chi connectivity index (χ2n) is 8.82. The Morgan fingerprint density at radius 1 is 1.08 bits per heavy atom. The number of ether oxygens (including phenoxy) is 1. The summed E-state index contributed by atoms with van der Waals surface area (Å²) >= 11 is 1.31. The lowest BCUT2D eigenvalue weighted by atomic mass is 10.1. The van der Waals surface area contributed by atoms with E-state index in [2.05, 4.69) is 10.3 Å². The summed E-state index contributed by atoms with van der Waals surface area (Å²) in [5, 5.41) is 5.20. The molecule has 3 aromatic rings. The van der Waals surface area contributed by atoms with E-state index in [1.165, 1.54) is 33.3 Å². The number of nitrogens with one attached hydrogen (secondary N) is 1. The third-order valence-electron chi connectivity index (χ3n) is 6.18.